The first-order valence-corrected chi connectivity index (χ1v) is 8.57. The molecule has 0 aliphatic heterocycles. The zero-order chi connectivity index (χ0) is 14.3. The molecule has 1 rings (SSSR count). The number of benzene rings is 1. The fourth-order valence-corrected chi connectivity index (χ4v) is 3.36. The van der Waals surface area contributed by atoms with Crippen LogP contribution in [0.2, 0.25) is 0 Å². The van der Waals surface area contributed by atoms with Gasteiger partial charge in [-0.25, -0.2) is 0 Å². The SMILES string of the molecule is CCCCC(CC)COP(=O)([O-])c1ccccc1C. The third kappa shape index (κ3) is 5.10. The molecule has 0 spiro atoms. The van der Waals surface area contributed by atoms with E-state index in [1.807, 2.05) is 6.07 Å². The van der Waals surface area contributed by atoms with Crippen LogP contribution < -0.4 is 10.2 Å². The van der Waals surface area contributed by atoms with Gasteiger partial charge < -0.3 is 14.0 Å². The first-order chi connectivity index (χ1) is 9.01. The van der Waals surface area contributed by atoms with Crippen molar-refractivity contribution in [3.63, 3.8) is 0 Å². The van der Waals surface area contributed by atoms with Gasteiger partial charge in [-0.05, 0) is 24.8 Å². The second-order valence-electron chi connectivity index (χ2n) is 5.00. The van der Waals surface area contributed by atoms with Crippen molar-refractivity contribution in [1.82, 2.24) is 0 Å². The van der Waals surface area contributed by atoms with Crippen LogP contribution in [0.25, 0.3) is 0 Å². The van der Waals surface area contributed by atoms with Crippen LogP contribution in [0.1, 0.15) is 45.1 Å². The van der Waals surface area contributed by atoms with Gasteiger partial charge in [0.25, 0.3) is 0 Å². The minimum atomic E-state index is -3.93. The quantitative estimate of drug-likeness (QED) is 0.687. The number of hydrogen-bond donors (Lipinski definition) is 0. The van der Waals surface area contributed by atoms with E-state index >= 15 is 0 Å². The summed E-state index contributed by atoms with van der Waals surface area (Å²) in [6.45, 7) is 6.30. The second-order valence-corrected chi connectivity index (χ2v) is 6.73. The molecule has 0 heterocycles. The molecule has 1 aromatic rings. The highest BCUT2D eigenvalue weighted by atomic mass is 31.2. The summed E-state index contributed by atoms with van der Waals surface area (Å²) in [5.74, 6) is 0.325. The first-order valence-electron chi connectivity index (χ1n) is 7.03. The van der Waals surface area contributed by atoms with Crippen LogP contribution in [-0.4, -0.2) is 6.61 Å². The van der Waals surface area contributed by atoms with Gasteiger partial charge in [0.15, 0.2) is 7.60 Å². The number of hydrogen-bond acceptors (Lipinski definition) is 3. The van der Waals surface area contributed by atoms with Gasteiger partial charge in [0.05, 0.1) is 6.61 Å². The summed E-state index contributed by atoms with van der Waals surface area (Å²) in [5, 5.41) is 0.306. The fraction of sp³-hybridized carbons (Fsp3) is 0.600. The van der Waals surface area contributed by atoms with Crippen molar-refractivity contribution >= 4 is 12.9 Å². The van der Waals surface area contributed by atoms with Gasteiger partial charge in [-0.15, -0.1) is 0 Å². The molecule has 4 heteroatoms. The Morgan fingerprint density at radius 2 is 2.00 bits per heavy atom. The molecule has 0 radical (unpaired) electrons. The normalized spacial score (nSPS) is 16.0. The average molecular weight is 283 g/mol. The van der Waals surface area contributed by atoms with Gasteiger partial charge in [0.1, 0.15) is 0 Å². The van der Waals surface area contributed by atoms with Crippen LogP contribution in [0.3, 0.4) is 0 Å². The van der Waals surface area contributed by atoms with Crippen molar-refractivity contribution in [1.29, 1.82) is 0 Å². The van der Waals surface area contributed by atoms with E-state index in [1.165, 1.54) is 0 Å². The van der Waals surface area contributed by atoms with Crippen LogP contribution in [0.5, 0.6) is 0 Å². The van der Waals surface area contributed by atoms with Crippen molar-refractivity contribution < 1.29 is 14.0 Å². The summed E-state index contributed by atoms with van der Waals surface area (Å²) in [7, 11) is -3.93. The maximum absolute atomic E-state index is 12.2. The highest BCUT2D eigenvalue weighted by molar-refractivity contribution is 7.60. The molecule has 0 aliphatic carbocycles. The molecule has 2 unspecified atom stereocenters. The molecule has 3 nitrogen and oxygen atoms in total. The Balaban J connectivity index is 2.64. The zero-order valence-corrected chi connectivity index (χ0v) is 13.0. The Morgan fingerprint density at radius 1 is 1.32 bits per heavy atom. The molecule has 0 bridgehead atoms. The van der Waals surface area contributed by atoms with Crippen molar-refractivity contribution in [3.8, 4) is 0 Å². The molecule has 19 heavy (non-hydrogen) atoms. The van der Waals surface area contributed by atoms with Crippen LogP contribution >= 0.6 is 7.60 Å². The van der Waals surface area contributed by atoms with E-state index < -0.39 is 7.60 Å². The highest BCUT2D eigenvalue weighted by Gasteiger charge is 2.16. The minimum absolute atomic E-state index is 0.297. The third-order valence-electron chi connectivity index (χ3n) is 3.43. The first kappa shape index (κ1) is 16.4. The van der Waals surface area contributed by atoms with Crippen LogP contribution in [-0.2, 0) is 9.09 Å². The Morgan fingerprint density at radius 3 is 2.58 bits per heavy atom. The Hall–Kier alpha value is -0.630. The summed E-state index contributed by atoms with van der Waals surface area (Å²) < 4.78 is 17.4. The summed E-state index contributed by atoms with van der Waals surface area (Å²) >= 11 is 0. The molecule has 0 saturated carbocycles. The molecule has 0 fully saturated rings. The molecule has 0 N–H and O–H groups in total. The van der Waals surface area contributed by atoms with Gasteiger partial charge in [-0.3, -0.25) is 0 Å². The summed E-state index contributed by atoms with van der Waals surface area (Å²) in [4.78, 5) is 12.2. The van der Waals surface area contributed by atoms with Crippen molar-refractivity contribution in [3.05, 3.63) is 29.8 Å². The lowest BCUT2D eigenvalue weighted by Gasteiger charge is -2.27. The largest absolute Gasteiger partial charge is 0.775 e. The lowest BCUT2D eigenvalue weighted by atomic mass is 10.0. The molecular weight excluding hydrogens is 259 g/mol. The van der Waals surface area contributed by atoms with E-state index in [9.17, 15) is 9.46 Å². The zero-order valence-electron chi connectivity index (χ0n) is 12.1. The number of aryl methyl sites for hydroxylation is 1. The molecule has 108 valence electrons. The Kier molecular flexibility index (Phi) is 6.78. The molecule has 0 aromatic heterocycles. The number of unbranched alkanes of at least 4 members (excludes halogenated alkanes) is 1. The van der Waals surface area contributed by atoms with Crippen LogP contribution in [0.15, 0.2) is 24.3 Å². The van der Waals surface area contributed by atoms with Gasteiger partial charge in [0.2, 0.25) is 0 Å². The molecule has 0 saturated heterocycles. The maximum Gasteiger partial charge on any atom is 0.165 e. The lowest BCUT2D eigenvalue weighted by molar-refractivity contribution is -0.194. The van der Waals surface area contributed by atoms with E-state index in [0.29, 0.717) is 17.8 Å². The van der Waals surface area contributed by atoms with E-state index in [4.69, 9.17) is 4.52 Å². The van der Waals surface area contributed by atoms with Crippen molar-refractivity contribution in [2.45, 2.75) is 46.5 Å². The average Bonchev–Trinajstić information content (AvgIpc) is 2.39. The van der Waals surface area contributed by atoms with Gasteiger partial charge in [0, 0.05) is 5.30 Å². The van der Waals surface area contributed by atoms with Crippen molar-refractivity contribution in [2.24, 2.45) is 5.92 Å². The molecular formula is C15H24O3P-. The van der Waals surface area contributed by atoms with E-state index in [0.717, 1.165) is 31.2 Å². The van der Waals surface area contributed by atoms with E-state index in [-0.39, 0.29) is 0 Å². The monoisotopic (exact) mass is 283 g/mol. The van der Waals surface area contributed by atoms with Crippen molar-refractivity contribution in [2.75, 3.05) is 6.61 Å². The van der Waals surface area contributed by atoms with E-state index in [2.05, 4.69) is 13.8 Å². The fourth-order valence-electron chi connectivity index (χ4n) is 2.04. The maximum atomic E-state index is 12.2. The summed E-state index contributed by atoms with van der Waals surface area (Å²) in [6, 6.07) is 6.95. The second kappa shape index (κ2) is 7.84. The van der Waals surface area contributed by atoms with Gasteiger partial charge >= 0.3 is 0 Å². The van der Waals surface area contributed by atoms with E-state index in [1.54, 1.807) is 25.1 Å². The summed E-state index contributed by atoms with van der Waals surface area (Å²) in [5.41, 5.74) is 0.738. The smallest absolute Gasteiger partial charge is 0.165 e. The summed E-state index contributed by atoms with van der Waals surface area (Å²) in [6.07, 6.45) is 4.23. The Labute approximate surface area is 116 Å². The molecule has 0 amide bonds. The van der Waals surface area contributed by atoms with Crippen LogP contribution in [0, 0.1) is 12.8 Å². The predicted octanol–water partition coefficient (Wildman–Crippen LogP) is 3.41. The number of rotatable bonds is 8. The molecule has 1 aromatic carbocycles. The topological polar surface area (TPSA) is 49.4 Å². The van der Waals surface area contributed by atoms with Gasteiger partial charge in [-0.2, -0.15) is 0 Å². The molecule has 0 aliphatic rings. The lowest BCUT2D eigenvalue weighted by Crippen LogP contribution is -2.22. The van der Waals surface area contributed by atoms with Crippen LogP contribution in [0.4, 0.5) is 0 Å². The van der Waals surface area contributed by atoms with Gasteiger partial charge in [-0.1, -0.05) is 57.4 Å². The standard InChI is InChI=1S/C15H25O3P/c1-4-6-10-14(5-2)12-18-19(16,17)15-11-8-7-9-13(15)3/h7-9,11,14H,4-6,10,12H2,1-3H3,(H,16,17)/p-1. The molecule has 2 atom stereocenters. The minimum Gasteiger partial charge on any atom is -0.775 e. The third-order valence-corrected chi connectivity index (χ3v) is 5.01. The highest BCUT2D eigenvalue weighted by Crippen LogP contribution is 2.38. The predicted molar refractivity (Wildman–Crippen MR) is 77.7 cm³/mol. The Bertz CT molecular complexity index is 431.